The molecule has 0 amide bonds. The molecule has 0 saturated heterocycles. The molecule has 5 heteroatoms. The Morgan fingerprint density at radius 2 is 2.00 bits per heavy atom. The van der Waals surface area contributed by atoms with Crippen LogP contribution in [-0.4, -0.2) is 23.1 Å². The van der Waals surface area contributed by atoms with Gasteiger partial charge in [0.2, 0.25) is 0 Å². The molecule has 1 aliphatic heterocycles. The minimum Gasteiger partial charge on any atom is -0.508 e. The number of ketones is 1. The van der Waals surface area contributed by atoms with Crippen LogP contribution >= 0.6 is 0 Å². The second-order valence-corrected chi connectivity index (χ2v) is 4.85. The number of rotatable bonds is 2. The van der Waals surface area contributed by atoms with E-state index in [2.05, 4.69) is 0 Å². The second kappa shape index (κ2) is 5.01. The SMILES string of the molecule is COc1cc([C@@H]2CC(=O)c3ccc(O)cc3O2)ccc1O. The van der Waals surface area contributed by atoms with Gasteiger partial charge >= 0.3 is 0 Å². The van der Waals surface area contributed by atoms with Crippen molar-refractivity contribution in [3.05, 3.63) is 47.5 Å². The third-order valence-corrected chi connectivity index (χ3v) is 3.48. The summed E-state index contributed by atoms with van der Waals surface area (Å²) < 4.78 is 10.9. The molecule has 0 spiro atoms. The molecular weight excluding hydrogens is 272 g/mol. The van der Waals surface area contributed by atoms with Crippen molar-refractivity contribution < 1.29 is 24.5 Å². The molecular formula is C16H14O5. The fourth-order valence-electron chi connectivity index (χ4n) is 2.39. The first-order chi connectivity index (χ1) is 10.1. The van der Waals surface area contributed by atoms with Crippen LogP contribution in [0.3, 0.4) is 0 Å². The van der Waals surface area contributed by atoms with E-state index in [-0.39, 0.29) is 23.7 Å². The maximum atomic E-state index is 12.2. The molecule has 0 unspecified atom stereocenters. The maximum Gasteiger partial charge on any atom is 0.170 e. The van der Waals surface area contributed by atoms with E-state index < -0.39 is 6.10 Å². The third kappa shape index (κ3) is 2.38. The first kappa shape index (κ1) is 13.3. The largest absolute Gasteiger partial charge is 0.508 e. The van der Waals surface area contributed by atoms with Gasteiger partial charge in [-0.2, -0.15) is 0 Å². The van der Waals surface area contributed by atoms with Gasteiger partial charge in [0.05, 0.1) is 19.1 Å². The van der Waals surface area contributed by atoms with Crippen LogP contribution in [0, 0.1) is 0 Å². The van der Waals surface area contributed by atoms with Crippen molar-refractivity contribution in [1.29, 1.82) is 0 Å². The van der Waals surface area contributed by atoms with Crippen molar-refractivity contribution in [2.75, 3.05) is 7.11 Å². The van der Waals surface area contributed by atoms with E-state index in [1.54, 1.807) is 18.2 Å². The van der Waals surface area contributed by atoms with E-state index in [1.165, 1.54) is 25.3 Å². The summed E-state index contributed by atoms with van der Waals surface area (Å²) in [5, 5.41) is 19.1. The van der Waals surface area contributed by atoms with Gasteiger partial charge in [-0.3, -0.25) is 4.79 Å². The summed E-state index contributed by atoms with van der Waals surface area (Å²) in [6.07, 6.45) is -0.271. The molecule has 3 rings (SSSR count). The zero-order chi connectivity index (χ0) is 15.0. The van der Waals surface area contributed by atoms with Crippen molar-refractivity contribution in [2.24, 2.45) is 0 Å². The number of hydrogen-bond donors (Lipinski definition) is 2. The standard InChI is InChI=1S/C16H14O5/c1-20-16-6-9(2-5-12(16)18)14-8-13(19)11-4-3-10(17)7-15(11)21-14/h2-7,14,17-18H,8H2,1H3/t14-/m0/s1. The molecule has 2 aromatic rings. The van der Waals surface area contributed by atoms with Gasteiger partial charge in [-0.25, -0.2) is 0 Å². The van der Waals surface area contributed by atoms with Crippen molar-refractivity contribution in [3.8, 4) is 23.0 Å². The predicted molar refractivity (Wildman–Crippen MR) is 75.1 cm³/mol. The molecule has 0 aromatic heterocycles. The van der Waals surface area contributed by atoms with E-state index >= 15 is 0 Å². The van der Waals surface area contributed by atoms with Gasteiger partial charge in [-0.1, -0.05) is 6.07 Å². The highest BCUT2D eigenvalue weighted by molar-refractivity contribution is 6.00. The van der Waals surface area contributed by atoms with Gasteiger partial charge in [-0.05, 0) is 29.8 Å². The summed E-state index contributed by atoms with van der Waals surface area (Å²) in [7, 11) is 1.46. The molecule has 2 N–H and O–H groups in total. The number of methoxy groups -OCH3 is 1. The Morgan fingerprint density at radius 1 is 1.19 bits per heavy atom. The van der Waals surface area contributed by atoms with Crippen LogP contribution in [0.1, 0.15) is 28.4 Å². The molecule has 0 fully saturated rings. The average molecular weight is 286 g/mol. The van der Waals surface area contributed by atoms with E-state index in [0.29, 0.717) is 17.1 Å². The normalized spacial score (nSPS) is 17.0. The second-order valence-electron chi connectivity index (χ2n) is 4.85. The third-order valence-electron chi connectivity index (χ3n) is 3.48. The minimum atomic E-state index is -0.471. The van der Waals surface area contributed by atoms with Gasteiger partial charge in [-0.15, -0.1) is 0 Å². The number of carbonyl (C=O) groups is 1. The van der Waals surface area contributed by atoms with Gasteiger partial charge in [0.15, 0.2) is 17.3 Å². The summed E-state index contributed by atoms with van der Waals surface area (Å²) >= 11 is 0. The van der Waals surface area contributed by atoms with Crippen LogP contribution in [0.25, 0.3) is 0 Å². The van der Waals surface area contributed by atoms with Crippen LogP contribution in [0.2, 0.25) is 0 Å². The number of phenols is 2. The van der Waals surface area contributed by atoms with Crippen LogP contribution in [0.5, 0.6) is 23.0 Å². The van der Waals surface area contributed by atoms with Crippen molar-refractivity contribution in [1.82, 2.24) is 0 Å². The van der Waals surface area contributed by atoms with Crippen molar-refractivity contribution >= 4 is 5.78 Å². The van der Waals surface area contributed by atoms with E-state index in [1.807, 2.05) is 0 Å². The lowest BCUT2D eigenvalue weighted by atomic mass is 9.96. The first-order valence-electron chi connectivity index (χ1n) is 6.48. The number of aromatic hydroxyl groups is 2. The summed E-state index contributed by atoms with van der Waals surface area (Å²) in [6.45, 7) is 0. The topological polar surface area (TPSA) is 76.0 Å². The molecule has 1 aliphatic rings. The molecule has 2 aromatic carbocycles. The monoisotopic (exact) mass is 286 g/mol. The molecule has 1 heterocycles. The van der Waals surface area contributed by atoms with Crippen LogP contribution < -0.4 is 9.47 Å². The van der Waals surface area contributed by atoms with Crippen molar-refractivity contribution in [2.45, 2.75) is 12.5 Å². The van der Waals surface area contributed by atoms with Crippen LogP contribution in [-0.2, 0) is 0 Å². The van der Waals surface area contributed by atoms with Crippen molar-refractivity contribution in [3.63, 3.8) is 0 Å². The minimum absolute atomic E-state index is 0.0291. The molecule has 0 bridgehead atoms. The zero-order valence-electron chi connectivity index (χ0n) is 11.4. The zero-order valence-corrected chi connectivity index (χ0v) is 11.4. The molecule has 0 aliphatic carbocycles. The molecule has 0 radical (unpaired) electrons. The number of benzene rings is 2. The predicted octanol–water partition coefficient (Wildman–Crippen LogP) is 2.81. The molecule has 1 atom stereocenters. The Hall–Kier alpha value is -2.69. The van der Waals surface area contributed by atoms with E-state index in [9.17, 15) is 15.0 Å². The number of fused-ring (bicyclic) bond motifs is 1. The first-order valence-corrected chi connectivity index (χ1v) is 6.48. The fourth-order valence-corrected chi connectivity index (χ4v) is 2.39. The van der Waals surface area contributed by atoms with E-state index in [4.69, 9.17) is 9.47 Å². The van der Waals surface area contributed by atoms with Crippen LogP contribution in [0.15, 0.2) is 36.4 Å². The highest BCUT2D eigenvalue weighted by atomic mass is 16.5. The van der Waals surface area contributed by atoms with E-state index in [0.717, 1.165) is 5.56 Å². The lowest BCUT2D eigenvalue weighted by molar-refractivity contribution is 0.0849. The number of Topliss-reactive ketones (excluding diaryl/α,β-unsaturated/α-hetero) is 1. The summed E-state index contributed by atoms with van der Waals surface area (Å²) in [5.41, 5.74) is 1.20. The number of phenolic OH excluding ortho intramolecular Hbond substituents is 2. The number of hydrogen-bond acceptors (Lipinski definition) is 5. The number of ether oxygens (including phenoxy) is 2. The summed E-state index contributed by atoms with van der Waals surface area (Å²) in [6, 6.07) is 9.27. The molecule has 0 saturated carbocycles. The van der Waals surface area contributed by atoms with Crippen LogP contribution in [0.4, 0.5) is 0 Å². The van der Waals surface area contributed by atoms with Gasteiger partial charge in [0.25, 0.3) is 0 Å². The van der Waals surface area contributed by atoms with Gasteiger partial charge < -0.3 is 19.7 Å². The maximum absolute atomic E-state index is 12.2. The summed E-state index contributed by atoms with van der Waals surface area (Å²) in [4.78, 5) is 12.2. The lowest BCUT2D eigenvalue weighted by Crippen LogP contribution is -2.20. The highest BCUT2D eigenvalue weighted by Gasteiger charge is 2.28. The Kier molecular flexibility index (Phi) is 3.17. The fraction of sp³-hybridized carbons (Fsp3) is 0.188. The number of carbonyl (C=O) groups excluding carboxylic acids is 1. The lowest BCUT2D eigenvalue weighted by Gasteiger charge is -2.26. The Balaban J connectivity index is 1.97. The van der Waals surface area contributed by atoms with Gasteiger partial charge in [0.1, 0.15) is 17.6 Å². The Morgan fingerprint density at radius 3 is 2.76 bits per heavy atom. The quantitative estimate of drug-likeness (QED) is 0.887. The summed E-state index contributed by atoms with van der Waals surface area (Å²) in [5.74, 6) is 0.716. The molecule has 5 nitrogen and oxygen atoms in total. The molecule has 108 valence electrons. The van der Waals surface area contributed by atoms with Gasteiger partial charge in [0, 0.05) is 6.07 Å². The Labute approximate surface area is 121 Å². The smallest absolute Gasteiger partial charge is 0.170 e. The molecule has 21 heavy (non-hydrogen) atoms. The highest BCUT2D eigenvalue weighted by Crippen LogP contribution is 2.38. The average Bonchev–Trinajstić information content (AvgIpc) is 2.47. The Bertz CT molecular complexity index is 708.